The predicted molar refractivity (Wildman–Crippen MR) is 59.7 cm³/mol. The second-order valence-corrected chi connectivity index (χ2v) is 4.42. The molecule has 0 saturated carbocycles. The molecule has 1 fully saturated rings. The molecular formula is C11H21F3N2O. The lowest BCUT2D eigenvalue weighted by molar-refractivity contribution is -0.188. The number of nitrogens with zero attached hydrogens (tertiary/aromatic N) is 1. The first kappa shape index (κ1) is 14.7. The average molecular weight is 254 g/mol. The van der Waals surface area contributed by atoms with Crippen LogP contribution in [0.15, 0.2) is 0 Å². The van der Waals surface area contributed by atoms with Gasteiger partial charge in [-0.05, 0) is 25.8 Å². The second-order valence-electron chi connectivity index (χ2n) is 4.42. The summed E-state index contributed by atoms with van der Waals surface area (Å²) < 4.78 is 43.7. The normalized spacial score (nSPS) is 24.9. The van der Waals surface area contributed by atoms with Crippen LogP contribution in [0.4, 0.5) is 13.2 Å². The third kappa shape index (κ3) is 4.44. The summed E-state index contributed by atoms with van der Waals surface area (Å²) in [6, 6.07) is -1.53. The van der Waals surface area contributed by atoms with E-state index in [1.165, 1.54) is 4.90 Å². The summed E-state index contributed by atoms with van der Waals surface area (Å²) in [5, 5.41) is 0. The first-order valence-electron chi connectivity index (χ1n) is 6.11. The standard InChI is InChI=1S/C11H21F3N2O/c1-2-6-17-9-4-3-5-16(8-9)10(7-15)11(12,13)14/h9-10H,2-8,15H2,1H3. The summed E-state index contributed by atoms with van der Waals surface area (Å²) in [4.78, 5) is 1.41. The van der Waals surface area contributed by atoms with Gasteiger partial charge in [-0.1, -0.05) is 6.92 Å². The van der Waals surface area contributed by atoms with Gasteiger partial charge in [0.2, 0.25) is 0 Å². The maximum Gasteiger partial charge on any atom is 0.405 e. The molecule has 1 saturated heterocycles. The number of piperidine rings is 1. The zero-order valence-electron chi connectivity index (χ0n) is 10.2. The molecule has 17 heavy (non-hydrogen) atoms. The number of halogens is 3. The van der Waals surface area contributed by atoms with Gasteiger partial charge in [0.05, 0.1) is 6.10 Å². The maximum absolute atomic E-state index is 12.7. The fraction of sp³-hybridized carbons (Fsp3) is 1.00. The number of alkyl halides is 3. The molecule has 0 aliphatic carbocycles. The summed E-state index contributed by atoms with van der Waals surface area (Å²) >= 11 is 0. The largest absolute Gasteiger partial charge is 0.405 e. The Kier molecular flexibility index (Phi) is 5.69. The van der Waals surface area contributed by atoms with Gasteiger partial charge in [0.25, 0.3) is 0 Å². The Labute approximate surface area is 100 Å². The molecule has 1 rings (SSSR count). The zero-order valence-corrected chi connectivity index (χ0v) is 10.2. The van der Waals surface area contributed by atoms with Gasteiger partial charge in [0.1, 0.15) is 6.04 Å². The number of likely N-dealkylation sites (tertiary alicyclic amines) is 1. The molecule has 0 radical (unpaired) electrons. The molecule has 0 aromatic heterocycles. The molecule has 1 aliphatic heterocycles. The fourth-order valence-electron chi connectivity index (χ4n) is 2.16. The van der Waals surface area contributed by atoms with Gasteiger partial charge in [0, 0.05) is 19.7 Å². The van der Waals surface area contributed by atoms with Crippen molar-refractivity contribution in [2.24, 2.45) is 5.73 Å². The Morgan fingerprint density at radius 3 is 2.71 bits per heavy atom. The zero-order chi connectivity index (χ0) is 12.9. The van der Waals surface area contributed by atoms with Crippen molar-refractivity contribution in [2.75, 3.05) is 26.2 Å². The highest BCUT2D eigenvalue weighted by molar-refractivity contribution is 4.84. The van der Waals surface area contributed by atoms with Crippen molar-refractivity contribution in [3.05, 3.63) is 0 Å². The van der Waals surface area contributed by atoms with Crippen molar-refractivity contribution in [1.82, 2.24) is 4.90 Å². The number of hydrogen-bond donors (Lipinski definition) is 1. The van der Waals surface area contributed by atoms with Crippen LogP contribution in [0.2, 0.25) is 0 Å². The monoisotopic (exact) mass is 254 g/mol. The van der Waals surface area contributed by atoms with Crippen LogP contribution in [-0.4, -0.2) is 49.5 Å². The Morgan fingerprint density at radius 2 is 2.18 bits per heavy atom. The Bertz CT molecular complexity index is 223. The molecular weight excluding hydrogens is 233 g/mol. The van der Waals surface area contributed by atoms with Crippen molar-refractivity contribution in [2.45, 2.75) is 44.5 Å². The number of hydrogen-bond acceptors (Lipinski definition) is 3. The van der Waals surface area contributed by atoms with E-state index in [1.807, 2.05) is 6.92 Å². The van der Waals surface area contributed by atoms with E-state index in [1.54, 1.807) is 0 Å². The smallest absolute Gasteiger partial charge is 0.377 e. The van der Waals surface area contributed by atoms with Crippen molar-refractivity contribution in [1.29, 1.82) is 0 Å². The third-order valence-electron chi connectivity index (χ3n) is 3.01. The molecule has 3 nitrogen and oxygen atoms in total. The second kappa shape index (κ2) is 6.56. The van der Waals surface area contributed by atoms with E-state index >= 15 is 0 Å². The van der Waals surface area contributed by atoms with E-state index < -0.39 is 12.2 Å². The fourth-order valence-corrected chi connectivity index (χ4v) is 2.16. The van der Waals surface area contributed by atoms with Crippen LogP contribution in [0.25, 0.3) is 0 Å². The molecule has 0 bridgehead atoms. The van der Waals surface area contributed by atoms with E-state index in [2.05, 4.69) is 0 Å². The molecule has 0 spiro atoms. The van der Waals surface area contributed by atoms with E-state index in [9.17, 15) is 13.2 Å². The van der Waals surface area contributed by atoms with Gasteiger partial charge < -0.3 is 10.5 Å². The molecule has 1 heterocycles. The topological polar surface area (TPSA) is 38.5 Å². The maximum atomic E-state index is 12.7. The molecule has 0 aromatic carbocycles. The minimum atomic E-state index is -4.25. The van der Waals surface area contributed by atoms with E-state index in [0.29, 0.717) is 19.7 Å². The SMILES string of the molecule is CCCOC1CCCN(C(CN)C(F)(F)F)C1. The lowest BCUT2D eigenvalue weighted by Gasteiger charge is -2.38. The predicted octanol–water partition coefficient (Wildman–Crippen LogP) is 1.77. The summed E-state index contributed by atoms with van der Waals surface area (Å²) in [7, 11) is 0. The van der Waals surface area contributed by atoms with Crippen molar-refractivity contribution in [3.63, 3.8) is 0 Å². The Morgan fingerprint density at radius 1 is 1.47 bits per heavy atom. The highest BCUT2D eigenvalue weighted by Crippen LogP contribution is 2.27. The van der Waals surface area contributed by atoms with E-state index in [0.717, 1.165) is 19.3 Å². The van der Waals surface area contributed by atoms with Gasteiger partial charge in [0.15, 0.2) is 0 Å². The molecule has 0 amide bonds. The third-order valence-corrected chi connectivity index (χ3v) is 3.01. The molecule has 0 aromatic rings. The van der Waals surface area contributed by atoms with Gasteiger partial charge >= 0.3 is 6.18 Å². The van der Waals surface area contributed by atoms with Crippen LogP contribution < -0.4 is 5.73 Å². The number of nitrogens with two attached hydrogens (primary N) is 1. The summed E-state index contributed by atoms with van der Waals surface area (Å²) in [5.74, 6) is 0. The van der Waals surface area contributed by atoms with Crippen molar-refractivity contribution < 1.29 is 17.9 Å². The van der Waals surface area contributed by atoms with Crippen LogP contribution in [0.5, 0.6) is 0 Å². The molecule has 2 unspecified atom stereocenters. The molecule has 102 valence electrons. The van der Waals surface area contributed by atoms with Crippen molar-refractivity contribution >= 4 is 0 Å². The Hall–Kier alpha value is -0.330. The molecule has 2 atom stereocenters. The quantitative estimate of drug-likeness (QED) is 0.812. The van der Waals surface area contributed by atoms with Crippen LogP contribution in [0.1, 0.15) is 26.2 Å². The highest BCUT2D eigenvalue weighted by Gasteiger charge is 2.43. The van der Waals surface area contributed by atoms with Gasteiger partial charge in [-0.2, -0.15) is 13.2 Å². The first-order chi connectivity index (χ1) is 7.99. The first-order valence-corrected chi connectivity index (χ1v) is 6.11. The molecule has 6 heteroatoms. The van der Waals surface area contributed by atoms with Crippen molar-refractivity contribution in [3.8, 4) is 0 Å². The lowest BCUT2D eigenvalue weighted by Crippen LogP contribution is -2.54. The molecule has 2 N–H and O–H groups in total. The Balaban J connectivity index is 2.52. The van der Waals surface area contributed by atoms with Gasteiger partial charge in [-0.25, -0.2) is 0 Å². The van der Waals surface area contributed by atoms with Crippen LogP contribution >= 0.6 is 0 Å². The molecule has 1 aliphatic rings. The minimum Gasteiger partial charge on any atom is -0.377 e. The van der Waals surface area contributed by atoms with Crippen LogP contribution in [-0.2, 0) is 4.74 Å². The van der Waals surface area contributed by atoms with Gasteiger partial charge in [-0.15, -0.1) is 0 Å². The van der Waals surface area contributed by atoms with E-state index in [-0.39, 0.29) is 12.6 Å². The number of ether oxygens (including phenoxy) is 1. The van der Waals surface area contributed by atoms with E-state index in [4.69, 9.17) is 10.5 Å². The van der Waals surface area contributed by atoms with Crippen LogP contribution in [0.3, 0.4) is 0 Å². The summed E-state index contributed by atoms with van der Waals surface area (Å²) in [6.45, 7) is 3.00. The lowest BCUT2D eigenvalue weighted by atomic mass is 10.1. The number of rotatable bonds is 5. The minimum absolute atomic E-state index is 0.0832. The average Bonchev–Trinajstić information content (AvgIpc) is 2.26. The van der Waals surface area contributed by atoms with Crippen LogP contribution in [0, 0.1) is 0 Å². The summed E-state index contributed by atoms with van der Waals surface area (Å²) in [5.41, 5.74) is 5.23. The summed E-state index contributed by atoms with van der Waals surface area (Å²) in [6.07, 6.45) is -1.87. The van der Waals surface area contributed by atoms with Gasteiger partial charge in [-0.3, -0.25) is 4.90 Å². The highest BCUT2D eigenvalue weighted by atomic mass is 19.4.